The molecule has 2 aromatic rings. The minimum Gasteiger partial charge on any atom is -0.399 e. The average molecular weight is 316 g/mol. The van der Waals surface area contributed by atoms with E-state index in [2.05, 4.69) is 9.82 Å². The number of benzene rings is 1. The molecule has 0 aliphatic heterocycles. The van der Waals surface area contributed by atoms with Gasteiger partial charge in [-0.1, -0.05) is 0 Å². The van der Waals surface area contributed by atoms with Gasteiger partial charge in [0.2, 0.25) is 10.0 Å². The van der Waals surface area contributed by atoms with Crippen molar-refractivity contribution < 1.29 is 17.2 Å². The van der Waals surface area contributed by atoms with Gasteiger partial charge in [-0.25, -0.2) is 21.9 Å². The number of nitrogens with one attached hydrogen (secondary N) is 1. The fraction of sp³-hybridized carbons (Fsp3) is 0.250. The lowest BCUT2D eigenvalue weighted by Gasteiger charge is -2.09. The predicted molar refractivity (Wildman–Crippen MR) is 72.7 cm³/mol. The Bertz CT molecular complexity index is 764. The fourth-order valence-corrected chi connectivity index (χ4v) is 2.92. The monoisotopic (exact) mass is 316 g/mol. The molecule has 0 aliphatic carbocycles. The van der Waals surface area contributed by atoms with Gasteiger partial charge in [-0.05, 0) is 19.1 Å². The maximum absolute atomic E-state index is 13.7. The molecule has 0 aliphatic rings. The summed E-state index contributed by atoms with van der Waals surface area (Å²) in [5.74, 6) is -2.47. The molecule has 0 fully saturated rings. The van der Waals surface area contributed by atoms with Crippen LogP contribution in [0.25, 0.3) is 0 Å². The lowest BCUT2D eigenvalue weighted by molar-refractivity contribution is 0.514. The first kappa shape index (κ1) is 15.4. The summed E-state index contributed by atoms with van der Waals surface area (Å²) in [5.41, 5.74) is 6.42. The van der Waals surface area contributed by atoms with E-state index in [1.54, 1.807) is 18.7 Å². The van der Waals surface area contributed by atoms with Crippen LogP contribution >= 0.6 is 0 Å². The summed E-state index contributed by atoms with van der Waals surface area (Å²) in [5, 5.41) is 3.95. The molecule has 21 heavy (non-hydrogen) atoms. The Kier molecular flexibility index (Phi) is 3.97. The molecule has 2 rings (SSSR count). The first-order valence-electron chi connectivity index (χ1n) is 5.94. The van der Waals surface area contributed by atoms with Crippen LogP contribution in [0.5, 0.6) is 0 Å². The Morgan fingerprint density at radius 3 is 2.38 bits per heavy atom. The van der Waals surface area contributed by atoms with E-state index < -0.39 is 26.6 Å². The van der Waals surface area contributed by atoms with Crippen molar-refractivity contribution in [3.8, 4) is 0 Å². The number of sulfonamides is 1. The molecule has 1 heterocycles. The molecule has 0 saturated carbocycles. The summed E-state index contributed by atoms with van der Waals surface area (Å²) in [4.78, 5) is -1.04. The molecule has 114 valence electrons. The van der Waals surface area contributed by atoms with E-state index in [4.69, 9.17) is 5.73 Å². The lowest BCUT2D eigenvalue weighted by Crippen LogP contribution is -2.25. The number of rotatable bonds is 4. The highest BCUT2D eigenvalue weighted by atomic mass is 32.2. The highest BCUT2D eigenvalue weighted by Crippen LogP contribution is 2.22. The second-order valence-corrected chi connectivity index (χ2v) is 6.22. The van der Waals surface area contributed by atoms with Gasteiger partial charge in [0, 0.05) is 30.5 Å². The Labute approximate surface area is 120 Å². The lowest BCUT2D eigenvalue weighted by atomic mass is 10.3. The fourth-order valence-electron chi connectivity index (χ4n) is 1.80. The van der Waals surface area contributed by atoms with Gasteiger partial charge in [0.25, 0.3) is 0 Å². The van der Waals surface area contributed by atoms with Gasteiger partial charge in [-0.3, -0.25) is 4.68 Å². The maximum Gasteiger partial charge on any atom is 0.246 e. The molecule has 0 bridgehead atoms. The zero-order chi connectivity index (χ0) is 15.8. The van der Waals surface area contributed by atoms with Crippen molar-refractivity contribution in [1.82, 2.24) is 14.5 Å². The summed E-state index contributed by atoms with van der Waals surface area (Å²) < 4.78 is 55.1. The number of hydrogen-bond acceptors (Lipinski definition) is 4. The van der Waals surface area contributed by atoms with Gasteiger partial charge < -0.3 is 5.73 Å². The number of aromatic nitrogens is 2. The molecule has 6 nitrogen and oxygen atoms in total. The smallest absolute Gasteiger partial charge is 0.246 e. The van der Waals surface area contributed by atoms with Crippen LogP contribution in [0, 0.1) is 18.6 Å². The third-order valence-electron chi connectivity index (χ3n) is 3.08. The molecule has 1 aromatic carbocycles. The van der Waals surface area contributed by atoms with E-state index in [0.717, 1.165) is 17.8 Å². The molecule has 3 N–H and O–H groups in total. The van der Waals surface area contributed by atoms with Crippen LogP contribution in [0.4, 0.5) is 14.5 Å². The van der Waals surface area contributed by atoms with E-state index in [9.17, 15) is 17.2 Å². The van der Waals surface area contributed by atoms with E-state index in [0.29, 0.717) is 5.56 Å². The van der Waals surface area contributed by atoms with Crippen molar-refractivity contribution in [3.05, 3.63) is 41.2 Å². The van der Waals surface area contributed by atoms with Gasteiger partial charge in [0.1, 0.15) is 11.6 Å². The second-order valence-electron chi connectivity index (χ2n) is 4.52. The van der Waals surface area contributed by atoms with Crippen molar-refractivity contribution in [2.45, 2.75) is 18.4 Å². The van der Waals surface area contributed by atoms with Crippen molar-refractivity contribution in [3.63, 3.8) is 0 Å². The molecule has 0 atom stereocenters. The molecule has 0 saturated heterocycles. The summed E-state index contributed by atoms with van der Waals surface area (Å²) in [6, 6.07) is 1.51. The Morgan fingerprint density at radius 2 is 1.90 bits per heavy atom. The van der Waals surface area contributed by atoms with Crippen LogP contribution in [0.2, 0.25) is 0 Å². The van der Waals surface area contributed by atoms with Crippen molar-refractivity contribution in [1.29, 1.82) is 0 Å². The summed E-state index contributed by atoms with van der Waals surface area (Å²) in [6.45, 7) is 1.63. The molecule has 0 radical (unpaired) electrons. The highest BCUT2D eigenvalue weighted by molar-refractivity contribution is 7.89. The van der Waals surface area contributed by atoms with E-state index in [1.807, 2.05) is 0 Å². The summed E-state index contributed by atoms with van der Waals surface area (Å²) in [6.07, 6.45) is 1.48. The Balaban J connectivity index is 2.29. The van der Waals surface area contributed by atoms with Crippen LogP contribution < -0.4 is 10.5 Å². The topological polar surface area (TPSA) is 90.0 Å². The highest BCUT2D eigenvalue weighted by Gasteiger charge is 2.24. The minimum absolute atomic E-state index is 0.120. The molecule has 0 amide bonds. The average Bonchev–Trinajstić information content (AvgIpc) is 2.66. The van der Waals surface area contributed by atoms with Crippen molar-refractivity contribution in [2.75, 3.05) is 5.73 Å². The Hall–Kier alpha value is -2.00. The van der Waals surface area contributed by atoms with Crippen molar-refractivity contribution in [2.24, 2.45) is 7.05 Å². The zero-order valence-electron chi connectivity index (χ0n) is 11.4. The number of aryl methyl sites for hydroxylation is 1. The molecular weight excluding hydrogens is 302 g/mol. The van der Waals surface area contributed by atoms with Gasteiger partial charge in [-0.15, -0.1) is 0 Å². The van der Waals surface area contributed by atoms with Gasteiger partial charge in [0.15, 0.2) is 4.90 Å². The second kappa shape index (κ2) is 5.41. The molecule has 0 unspecified atom stereocenters. The first-order chi connectivity index (χ1) is 9.72. The SMILES string of the molecule is Cc1c(CNS(=O)(=O)c2c(F)cc(N)cc2F)cnn1C. The van der Waals surface area contributed by atoms with Crippen LogP contribution in [-0.4, -0.2) is 18.2 Å². The van der Waals surface area contributed by atoms with Gasteiger partial charge >= 0.3 is 0 Å². The number of nitrogen functional groups attached to an aromatic ring is 1. The predicted octanol–water partition coefficient (Wildman–Crippen LogP) is 1.07. The quantitative estimate of drug-likeness (QED) is 0.826. The normalized spacial score (nSPS) is 11.8. The zero-order valence-corrected chi connectivity index (χ0v) is 12.2. The Morgan fingerprint density at radius 1 is 1.33 bits per heavy atom. The maximum atomic E-state index is 13.7. The molecule has 0 spiro atoms. The van der Waals surface area contributed by atoms with Crippen LogP contribution in [0.3, 0.4) is 0 Å². The summed E-state index contributed by atoms with van der Waals surface area (Å²) in [7, 11) is -2.64. The van der Waals surface area contributed by atoms with Crippen LogP contribution in [0.15, 0.2) is 23.2 Å². The third-order valence-corrected chi connectivity index (χ3v) is 4.53. The van der Waals surface area contributed by atoms with Gasteiger partial charge in [-0.2, -0.15) is 5.10 Å². The third kappa shape index (κ3) is 3.03. The van der Waals surface area contributed by atoms with E-state index in [-0.39, 0.29) is 12.2 Å². The first-order valence-corrected chi connectivity index (χ1v) is 7.42. The number of halogens is 2. The van der Waals surface area contributed by atoms with E-state index >= 15 is 0 Å². The number of anilines is 1. The van der Waals surface area contributed by atoms with Gasteiger partial charge in [0.05, 0.1) is 6.20 Å². The van der Waals surface area contributed by atoms with Crippen LogP contribution in [0.1, 0.15) is 11.3 Å². The molecular formula is C12H14F2N4O2S. The number of nitrogens with zero attached hydrogens (tertiary/aromatic N) is 2. The number of hydrogen-bond donors (Lipinski definition) is 2. The van der Waals surface area contributed by atoms with E-state index in [1.165, 1.54) is 6.20 Å². The van der Waals surface area contributed by atoms with Crippen molar-refractivity contribution >= 4 is 15.7 Å². The summed E-state index contributed by atoms with van der Waals surface area (Å²) >= 11 is 0. The molecule has 9 heteroatoms. The largest absolute Gasteiger partial charge is 0.399 e. The minimum atomic E-state index is -4.34. The standard InChI is InChI=1S/C12H14F2N4O2S/c1-7-8(5-16-18(7)2)6-17-21(19,20)12-10(13)3-9(15)4-11(12)14/h3-5,17H,6,15H2,1-2H3. The van der Waals surface area contributed by atoms with Crippen LogP contribution in [-0.2, 0) is 23.6 Å². The number of nitrogens with two attached hydrogens (primary N) is 1. The molecule has 1 aromatic heterocycles.